The fourth-order valence-electron chi connectivity index (χ4n) is 1.70. The van der Waals surface area contributed by atoms with Gasteiger partial charge in [0.2, 0.25) is 0 Å². The normalized spacial score (nSPS) is 12.4. The summed E-state index contributed by atoms with van der Waals surface area (Å²) < 4.78 is 0. The van der Waals surface area contributed by atoms with E-state index in [1.807, 2.05) is 12.1 Å². The van der Waals surface area contributed by atoms with Gasteiger partial charge in [0.1, 0.15) is 5.03 Å². The Labute approximate surface area is 122 Å². The Kier molecular flexibility index (Phi) is 5.19. The van der Waals surface area contributed by atoms with Gasteiger partial charge < -0.3 is 5.73 Å². The Hall–Kier alpha value is -1.10. The Balaban J connectivity index is 2.27. The van der Waals surface area contributed by atoms with Gasteiger partial charge in [-0.25, -0.2) is 4.98 Å². The second-order valence-electron chi connectivity index (χ2n) is 4.25. The van der Waals surface area contributed by atoms with Crippen molar-refractivity contribution in [1.29, 1.82) is 0 Å². The van der Waals surface area contributed by atoms with E-state index in [4.69, 9.17) is 17.3 Å². The zero-order valence-electron chi connectivity index (χ0n) is 10.7. The molecular formula is C14H16ClN3S. The highest BCUT2D eigenvalue weighted by Crippen LogP contribution is 2.35. The third-order valence-corrected chi connectivity index (χ3v) is 4.33. The van der Waals surface area contributed by atoms with Gasteiger partial charge in [-0.2, -0.15) is 0 Å². The summed E-state index contributed by atoms with van der Waals surface area (Å²) in [4.78, 5) is 9.35. The first-order valence-electron chi connectivity index (χ1n) is 6.17. The first-order chi connectivity index (χ1) is 9.20. The molecule has 0 radical (unpaired) electrons. The minimum Gasteiger partial charge on any atom is -0.327 e. The fraction of sp³-hybridized carbons (Fsp3) is 0.286. The lowest BCUT2D eigenvalue weighted by Gasteiger charge is -2.14. The molecule has 1 unspecified atom stereocenters. The molecule has 1 heterocycles. The molecular weight excluding hydrogens is 278 g/mol. The number of nitrogens with two attached hydrogens (primary N) is 1. The number of rotatable bonds is 5. The van der Waals surface area contributed by atoms with Gasteiger partial charge in [0.05, 0.1) is 11.2 Å². The van der Waals surface area contributed by atoms with Crippen molar-refractivity contribution in [3.63, 3.8) is 0 Å². The van der Waals surface area contributed by atoms with Crippen molar-refractivity contribution in [3.05, 3.63) is 47.4 Å². The molecule has 3 nitrogen and oxygen atoms in total. The molecule has 0 fully saturated rings. The molecule has 1 atom stereocenters. The first kappa shape index (κ1) is 14.3. The van der Waals surface area contributed by atoms with Gasteiger partial charge >= 0.3 is 0 Å². The predicted octanol–water partition coefficient (Wildman–Crippen LogP) is 3.56. The van der Waals surface area contributed by atoms with Gasteiger partial charge in [-0.1, -0.05) is 42.4 Å². The molecule has 0 bridgehead atoms. The minimum absolute atomic E-state index is 0.152. The molecule has 5 heteroatoms. The van der Waals surface area contributed by atoms with Crippen LogP contribution in [0.4, 0.5) is 0 Å². The Morgan fingerprint density at radius 1 is 1.37 bits per heavy atom. The quantitative estimate of drug-likeness (QED) is 0.916. The van der Waals surface area contributed by atoms with Crippen molar-refractivity contribution in [2.24, 2.45) is 5.73 Å². The minimum atomic E-state index is 0.152. The van der Waals surface area contributed by atoms with E-state index in [0.717, 1.165) is 33.3 Å². The lowest BCUT2D eigenvalue weighted by atomic mass is 10.0. The largest absolute Gasteiger partial charge is 0.327 e. The smallest absolute Gasteiger partial charge is 0.119 e. The van der Waals surface area contributed by atoms with Crippen LogP contribution in [0.1, 0.15) is 18.9 Å². The van der Waals surface area contributed by atoms with E-state index in [0.29, 0.717) is 0 Å². The number of halogens is 1. The highest BCUT2D eigenvalue weighted by Gasteiger charge is 2.12. The van der Waals surface area contributed by atoms with E-state index in [1.165, 1.54) is 11.8 Å². The summed E-state index contributed by atoms with van der Waals surface area (Å²) in [5, 5.41) is 1.57. The third-order valence-electron chi connectivity index (χ3n) is 2.80. The van der Waals surface area contributed by atoms with E-state index in [9.17, 15) is 0 Å². The summed E-state index contributed by atoms with van der Waals surface area (Å²) in [6.45, 7) is 2.09. The molecule has 1 aromatic heterocycles. The summed E-state index contributed by atoms with van der Waals surface area (Å²) in [6, 6.07) is 6.07. The second kappa shape index (κ2) is 6.89. The number of hydrogen-bond acceptors (Lipinski definition) is 4. The van der Waals surface area contributed by atoms with Crippen LogP contribution in [0.2, 0.25) is 5.02 Å². The van der Waals surface area contributed by atoms with Crippen LogP contribution in [0.25, 0.3) is 0 Å². The highest BCUT2D eigenvalue weighted by atomic mass is 35.5. The lowest BCUT2D eigenvalue weighted by molar-refractivity contribution is 0.641. The molecule has 0 aliphatic heterocycles. The van der Waals surface area contributed by atoms with Crippen molar-refractivity contribution in [3.8, 4) is 0 Å². The van der Waals surface area contributed by atoms with Crippen molar-refractivity contribution >= 4 is 23.4 Å². The Morgan fingerprint density at radius 2 is 2.21 bits per heavy atom. The molecule has 2 N–H and O–H groups in total. The molecule has 2 rings (SSSR count). The average molecular weight is 294 g/mol. The first-order valence-corrected chi connectivity index (χ1v) is 7.37. The van der Waals surface area contributed by atoms with Crippen LogP contribution in [0.3, 0.4) is 0 Å². The monoisotopic (exact) mass is 293 g/mol. The molecule has 0 spiro atoms. The van der Waals surface area contributed by atoms with Gasteiger partial charge in [0, 0.05) is 23.3 Å². The molecule has 2 aromatic rings. The zero-order chi connectivity index (χ0) is 13.7. The van der Waals surface area contributed by atoms with Crippen LogP contribution in [-0.4, -0.2) is 16.0 Å². The number of hydrogen-bond donors (Lipinski definition) is 1. The summed E-state index contributed by atoms with van der Waals surface area (Å²) >= 11 is 7.83. The van der Waals surface area contributed by atoms with Gasteiger partial charge in [0.15, 0.2) is 0 Å². The summed E-state index contributed by atoms with van der Waals surface area (Å²) in [7, 11) is 0. The van der Waals surface area contributed by atoms with E-state index in [-0.39, 0.29) is 6.04 Å². The van der Waals surface area contributed by atoms with Crippen molar-refractivity contribution < 1.29 is 0 Å². The molecule has 0 aliphatic carbocycles. The molecule has 0 aliphatic rings. The number of benzene rings is 1. The molecule has 0 saturated heterocycles. The highest BCUT2D eigenvalue weighted by molar-refractivity contribution is 7.99. The number of aromatic nitrogens is 2. The van der Waals surface area contributed by atoms with E-state index in [1.54, 1.807) is 18.6 Å². The molecule has 0 amide bonds. The van der Waals surface area contributed by atoms with Gasteiger partial charge in [-0.15, -0.1) is 0 Å². The van der Waals surface area contributed by atoms with Crippen molar-refractivity contribution in [1.82, 2.24) is 9.97 Å². The van der Waals surface area contributed by atoms with E-state index < -0.39 is 0 Å². The predicted molar refractivity (Wildman–Crippen MR) is 79.6 cm³/mol. The van der Waals surface area contributed by atoms with Gasteiger partial charge in [-0.05, 0) is 24.5 Å². The van der Waals surface area contributed by atoms with Crippen LogP contribution in [0, 0.1) is 0 Å². The Bertz CT molecular complexity index is 533. The lowest BCUT2D eigenvalue weighted by Crippen LogP contribution is -2.21. The zero-order valence-corrected chi connectivity index (χ0v) is 12.3. The summed E-state index contributed by atoms with van der Waals surface area (Å²) in [6.07, 6.45) is 6.83. The third kappa shape index (κ3) is 3.93. The van der Waals surface area contributed by atoms with Crippen LogP contribution in [0.5, 0.6) is 0 Å². The maximum atomic E-state index is 6.30. The Morgan fingerprint density at radius 3 is 2.89 bits per heavy atom. The maximum Gasteiger partial charge on any atom is 0.119 e. The van der Waals surface area contributed by atoms with E-state index in [2.05, 4.69) is 23.0 Å². The molecule has 1 aromatic carbocycles. The molecule has 100 valence electrons. The topological polar surface area (TPSA) is 51.8 Å². The summed E-state index contributed by atoms with van der Waals surface area (Å²) in [5.41, 5.74) is 7.20. The molecule has 19 heavy (non-hydrogen) atoms. The van der Waals surface area contributed by atoms with Crippen LogP contribution in [-0.2, 0) is 6.42 Å². The van der Waals surface area contributed by atoms with Crippen LogP contribution >= 0.6 is 23.4 Å². The summed E-state index contributed by atoms with van der Waals surface area (Å²) in [5.74, 6) is 0. The van der Waals surface area contributed by atoms with Crippen molar-refractivity contribution in [2.45, 2.75) is 35.7 Å². The fourth-order valence-corrected chi connectivity index (χ4v) is 2.89. The standard InChI is InChI=1S/C14H16ClN3S/c1-2-11(16)8-10-4-3-5-12(15)14(10)19-13-9-17-6-7-18-13/h3-7,9,11H,2,8,16H2,1H3. The van der Waals surface area contributed by atoms with E-state index >= 15 is 0 Å². The maximum absolute atomic E-state index is 6.30. The van der Waals surface area contributed by atoms with Gasteiger partial charge in [-0.3, -0.25) is 4.98 Å². The van der Waals surface area contributed by atoms with Crippen LogP contribution in [0.15, 0.2) is 46.7 Å². The van der Waals surface area contributed by atoms with Crippen molar-refractivity contribution in [2.75, 3.05) is 0 Å². The average Bonchev–Trinajstić information content (AvgIpc) is 2.43. The SMILES string of the molecule is CCC(N)Cc1cccc(Cl)c1Sc1cnccn1. The number of nitrogens with zero attached hydrogens (tertiary/aromatic N) is 2. The van der Waals surface area contributed by atoms with Gasteiger partial charge in [0.25, 0.3) is 0 Å². The molecule has 0 saturated carbocycles. The van der Waals surface area contributed by atoms with Crippen LogP contribution < -0.4 is 5.73 Å². The second-order valence-corrected chi connectivity index (χ2v) is 5.68.